The van der Waals surface area contributed by atoms with Crippen molar-refractivity contribution in [2.45, 2.75) is 13.0 Å². The van der Waals surface area contributed by atoms with Gasteiger partial charge in [0.1, 0.15) is 5.82 Å². The number of carbonyl (C=O) groups is 3. The van der Waals surface area contributed by atoms with Crippen LogP contribution in [0, 0.1) is 11.7 Å². The maximum Gasteiger partial charge on any atom is 0.253 e. The third kappa shape index (κ3) is 4.83. The predicted octanol–water partition coefficient (Wildman–Crippen LogP) is 3.75. The summed E-state index contributed by atoms with van der Waals surface area (Å²) in [5.74, 6) is -1.64. The van der Waals surface area contributed by atoms with Gasteiger partial charge in [0.15, 0.2) is 0 Å². The Morgan fingerprint density at radius 2 is 1.62 bits per heavy atom. The zero-order valence-corrected chi connectivity index (χ0v) is 17.3. The number of halogens is 1. The Hall–Kier alpha value is -4.00. The van der Waals surface area contributed by atoms with Crippen LogP contribution in [0.25, 0.3) is 0 Å². The second-order valence-corrected chi connectivity index (χ2v) is 7.58. The first kappa shape index (κ1) is 21.2. The summed E-state index contributed by atoms with van der Waals surface area (Å²) in [5.41, 5.74) is 2.20. The summed E-state index contributed by atoms with van der Waals surface area (Å²) in [7, 11) is 0. The van der Waals surface area contributed by atoms with Gasteiger partial charge in [-0.05, 0) is 42.0 Å². The van der Waals surface area contributed by atoms with E-state index < -0.39 is 5.92 Å². The normalized spacial score (nSPS) is 15.5. The fourth-order valence-electron chi connectivity index (χ4n) is 3.65. The molecular formula is C25H22FN3O3. The summed E-state index contributed by atoms with van der Waals surface area (Å²) in [4.78, 5) is 39.6. The van der Waals surface area contributed by atoms with Crippen molar-refractivity contribution in [1.29, 1.82) is 0 Å². The predicted molar refractivity (Wildman–Crippen MR) is 120 cm³/mol. The van der Waals surface area contributed by atoms with Gasteiger partial charge in [-0.15, -0.1) is 0 Å². The molecule has 0 aliphatic carbocycles. The van der Waals surface area contributed by atoms with Crippen molar-refractivity contribution in [1.82, 2.24) is 5.32 Å². The second kappa shape index (κ2) is 9.43. The van der Waals surface area contributed by atoms with Gasteiger partial charge in [-0.25, -0.2) is 4.39 Å². The number of carbonyl (C=O) groups excluding carboxylic acids is 3. The van der Waals surface area contributed by atoms with Gasteiger partial charge in [-0.2, -0.15) is 0 Å². The van der Waals surface area contributed by atoms with E-state index in [0.29, 0.717) is 11.3 Å². The summed E-state index contributed by atoms with van der Waals surface area (Å²) >= 11 is 0. The van der Waals surface area contributed by atoms with Crippen LogP contribution in [0.2, 0.25) is 0 Å². The van der Waals surface area contributed by atoms with Gasteiger partial charge in [-0.3, -0.25) is 14.4 Å². The molecule has 6 nitrogen and oxygen atoms in total. The highest BCUT2D eigenvalue weighted by atomic mass is 19.1. The average molecular weight is 431 g/mol. The van der Waals surface area contributed by atoms with Crippen molar-refractivity contribution < 1.29 is 18.8 Å². The topological polar surface area (TPSA) is 78.5 Å². The summed E-state index contributed by atoms with van der Waals surface area (Å²) in [6.45, 7) is 0.512. The van der Waals surface area contributed by atoms with Gasteiger partial charge in [0.25, 0.3) is 5.91 Å². The molecule has 0 aromatic heterocycles. The molecule has 2 N–H and O–H groups in total. The molecule has 0 spiro atoms. The minimum absolute atomic E-state index is 0.110. The first-order valence-electron chi connectivity index (χ1n) is 10.3. The Labute approximate surface area is 185 Å². The molecule has 3 aromatic carbocycles. The number of benzene rings is 3. The number of hydrogen-bond donors (Lipinski definition) is 2. The number of para-hydroxylation sites is 2. The lowest BCUT2D eigenvalue weighted by molar-refractivity contribution is -0.122. The number of anilines is 2. The van der Waals surface area contributed by atoms with Crippen molar-refractivity contribution in [3.63, 3.8) is 0 Å². The van der Waals surface area contributed by atoms with Gasteiger partial charge < -0.3 is 15.5 Å². The highest BCUT2D eigenvalue weighted by Gasteiger charge is 2.35. The Morgan fingerprint density at radius 1 is 0.938 bits per heavy atom. The van der Waals surface area contributed by atoms with Crippen LogP contribution in [0.1, 0.15) is 22.3 Å². The van der Waals surface area contributed by atoms with Crippen molar-refractivity contribution in [3.05, 3.63) is 95.8 Å². The first-order chi connectivity index (χ1) is 15.5. The molecule has 162 valence electrons. The van der Waals surface area contributed by atoms with Crippen LogP contribution in [0.15, 0.2) is 78.9 Å². The average Bonchev–Trinajstić information content (AvgIpc) is 3.21. The lowest BCUT2D eigenvalue weighted by Crippen LogP contribution is -2.29. The zero-order valence-electron chi connectivity index (χ0n) is 17.3. The fourth-order valence-corrected chi connectivity index (χ4v) is 3.65. The van der Waals surface area contributed by atoms with Gasteiger partial charge in [0.2, 0.25) is 11.8 Å². The van der Waals surface area contributed by atoms with Crippen molar-refractivity contribution in [2.24, 2.45) is 5.92 Å². The number of hydrogen-bond acceptors (Lipinski definition) is 3. The Morgan fingerprint density at radius 3 is 2.38 bits per heavy atom. The summed E-state index contributed by atoms with van der Waals surface area (Å²) in [6.07, 6.45) is 0.111. The number of nitrogens with one attached hydrogen (secondary N) is 2. The third-order valence-electron chi connectivity index (χ3n) is 5.36. The molecule has 0 saturated carbocycles. The van der Waals surface area contributed by atoms with E-state index >= 15 is 0 Å². The minimum atomic E-state index is -0.516. The minimum Gasteiger partial charge on any atom is -0.348 e. The van der Waals surface area contributed by atoms with E-state index in [-0.39, 0.29) is 43.0 Å². The molecule has 1 heterocycles. The van der Waals surface area contributed by atoms with Gasteiger partial charge in [-0.1, -0.05) is 42.5 Å². The second-order valence-electron chi connectivity index (χ2n) is 7.58. The Kier molecular flexibility index (Phi) is 6.26. The van der Waals surface area contributed by atoms with Crippen LogP contribution >= 0.6 is 0 Å². The molecule has 1 fully saturated rings. The van der Waals surface area contributed by atoms with Crippen LogP contribution < -0.4 is 15.5 Å². The Bertz CT molecular complexity index is 1130. The van der Waals surface area contributed by atoms with Crippen LogP contribution in [0.5, 0.6) is 0 Å². The largest absolute Gasteiger partial charge is 0.348 e. The third-order valence-corrected chi connectivity index (χ3v) is 5.36. The SMILES string of the molecule is O=C(NCc1ccc(F)cc1)c1ccccc1NC(=O)[C@H]1CC(=O)N(c2ccccc2)C1. The molecule has 1 saturated heterocycles. The molecule has 4 rings (SSSR count). The maximum atomic E-state index is 13.0. The molecule has 1 atom stereocenters. The highest BCUT2D eigenvalue weighted by molar-refractivity contribution is 6.07. The number of rotatable bonds is 6. The molecule has 3 amide bonds. The summed E-state index contributed by atoms with van der Waals surface area (Å²) < 4.78 is 13.0. The molecule has 0 bridgehead atoms. The number of amides is 3. The van der Waals surface area contributed by atoms with E-state index in [0.717, 1.165) is 11.3 Å². The molecule has 7 heteroatoms. The van der Waals surface area contributed by atoms with Crippen molar-refractivity contribution in [2.75, 3.05) is 16.8 Å². The number of nitrogens with zero attached hydrogens (tertiary/aromatic N) is 1. The van der Waals surface area contributed by atoms with Crippen molar-refractivity contribution in [3.8, 4) is 0 Å². The zero-order chi connectivity index (χ0) is 22.5. The van der Waals surface area contributed by atoms with E-state index in [4.69, 9.17) is 0 Å². The molecular weight excluding hydrogens is 409 g/mol. The van der Waals surface area contributed by atoms with Crippen LogP contribution in [-0.4, -0.2) is 24.3 Å². The lowest BCUT2D eigenvalue weighted by Gasteiger charge is -2.17. The maximum absolute atomic E-state index is 13.0. The first-order valence-corrected chi connectivity index (χ1v) is 10.3. The standard InChI is InChI=1S/C25H22FN3O3/c26-19-12-10-17(11-13-19)15-27-25(32)21-8-4-5-9-22(21)28-24(31)18-14-23(30)29(16-18)20-6-2-1-3-7-20/h1-13,18H,14-16H2,(H,27,32)(H,28,31)/t18-/m0/s1. The Balaban J connectivity index is 1.41. The fraction of sp³-hybridized carbons (Fsp3) is 0.160. The van der Waals surface area contributed by atoms with Crippen LogP contribution in [-0.2, 0) is 16.1 Å². The highest BCUT2D eigenvalue weighted by Crippen LogP contribution is 2.26. The van der Waals surface area contributed by atoms with Gasteiger partial charge >= 0.3 is 0 Å². The molecule has 1 aliphatic heterocycles. The van der Waals surface area contributed by atoms with Crippen LogP contribution in [0.3, 0.4) is 0 Å². The van der Waals surface area contributed by atoms with E-state index in [9.17, 15) is 18.8 Å². The summed E-state index contributed by atoms with van der Waals surface area (Å²) in [6, 6.07) is 21.8. The van der Waals surface area contributed by atoms with E-state index in [1.54, 1.807) is 41.3 Å². The molecule has 3 aromatic rings. The van der Waals surface area contributed by atoms with Crippen molar-refractivity contribution >= 4 is 29.1 Å². The van der Waals surface area contributed by atoms with E-state index in [2.05, 4.69) is 10.6 Å². The summed E-state index contributed by atoms with van der Waals surface area (Å²) in [5, 5.41) is 5.58. The molecule has 32 heavy (non-hydrogen) atoms. The molecule has 0 unspecified atom stereocenters. The monoisotopic (exact) mass is 431 g/mol. The molecule has 1 aliphatic rings. The smallest absolute Gasteiger partial charge is 0.253 e. The van der Waals surface area contributed by atoms with E-state index in [1.165, 1.54) is 12.1 Å². The van der Waals surface area contributed by atoms with Gasteiger partial charge in [0, 0.05) is 25.2 Å². The lowest BCUT2D eigenvalue weighted by atomic mass is 10.1. The molecule has 0 radical (unpaired) electrons. The van der Waals surface area contributed by atoms with E-state index in [1.807, 2.05) is 30.3 Å². The van der Waals surface area contributed by atoms with Crippen LogP contribution in [0.4, 0.5) is 15.8 Å². The van der Waals surface area contributed by atoms with Gasteiger partial charge in [0.05, 0.1) is 17.2 Å². The quantitative estimate of drug-likeness (QED) is 0.624.